The number of ether oxygens (including phenoxy) is 3. The van der Waals surface area contributed by atoms with Gasteiger partial charge in [0.05, 0.1) is 26.4 Å². The zero-order valence-corrected chi connectivity index (χ0v) is 14.2. The Hall–Kier alpha value is -2.20. The Kier molecular flexibility index (Phi) is 4.08. The molecule has 3 heteroatoms. The zero-order chi connectivity index (χ0) is 17.3. The van der Waals surface area contributed by atoms with Crippen molar-refractivity contribution in [2.24, 2.45) is 0 Å². The van der Waals surface area contributed by atoms with Gasteiger partial charge in [0.25, 0.3) is 0 Å². The average Bonchev–Trinajstić information content (AvgIpc) is 3.59. The molecule has 0 bridgehead atoms. The van der Waals surface area contributed by atoms with Gasteiger partial charge in [0, 0.05) is 0 Å². The van der Waals surface area contributed by atoms with Gasteiger partial charge in [-0.3, -0.25) is 0 Å². The highest BCUT2D eigenvalue weighted by Crippen LogP contribution is 2.44. The molecule has 3 nitrogen and oxygen atoms in total. The smallest absolute Gasteiger partial charge is 0.140 e. The summed E-state index contributed by atoms with van der Waals surface area (Å²) in [6.07, 6.45) is 3.73. The first kappa shape index (κ1) is 16.3. The molecule has 2 heterocycles. The summed E-state index contributed by atoms with van der Waals surface area (Å²) in [5.74, 6) is 0. The van der Waals surface area contributed by atoms with Gasteiger partial charge in [-0.15, -0.1) is 0 Å². The topological polar surface area (TPSA) is 34.3 Å². The molecule has 0 aliphatic carbocycles. The number of hydrogen-bond acceptors (Lipinski definition) is 3. The van der Waals surface area contributed by atoms with Crippen LogP contribution in [0.15, 0.2) is 61.7 Å². The standard InChI is InChI=1S/C22H22O3/c1-3-17-9-5-7-11-19(17)21(15-24-21)13-23-14-22(16-25-22)20-12-8-6-10-18(20)4-2/h3-12H,1-2,13-16H2. The van der Waals surface area contributed by atoms with Crippen molar-refractivity contribution in [1.29, 1.82) is 0 Å². The van der Waals surface area contributed by atoms with Gasteiger partial charge >= 0.3 is 0 Å². The molecule has 0 saturated carbocycles. The van der Waals surface area contributed by atoms with Gasteiger partial charge in [0.15, 0.2) is 0 Å². The van der Waals surface area contributed by atoms with Gasteiger partial charge in [-0.25, -0.2) is 0 Å². The van der Waals surface area contributed by atoms with Crippen LogP contribution in [0.3, 0.4) is 0 Å². The van der Waals surface area contributed by atoms with Crippen molar-refractivity contribution in [1.82, 2.24) is 0 Å². The molecule has 0 aromatic heterocycles. The summed E-state index contributed by atoms with van der Waals surface area (Å²) in [6, 6.07) is 16.4. The Labute approximate surface area is 148 Å². The first-order valence-corrected chi connectivity index (χ1v) is 8.53. The molecule has 2 atom stereocenters. The second-order valence-electron chi connectivity index (χ2n) is 6.64. The molecule has 0 N–H and O–H groups in total. The van der Waals surface area contributed by atoms with Gasteiger partial charge in [-0.2, -0.15) is 0 Å². The molecule has 0 radical (unpaired) electrons. The van der Waals surface area contributed by atoms with E-state index in [0.29, 0.717) is 26.4 Å². The van der Waals surface area contributed by atoms with Gasteiger partial charge in [-0.1, -0.05) is 73.8 Å². The monoisotopic (exact) mass is 334 g/mol. The molecule has 2 unspecified atom stereocenters. The Bertz CT molecular complexity index is 733. The first-order chi connectivity index (χ1) is 12.2. The van der Waals surface area contributed by atoms with Crippen molar-refractivity contribution in [2.45, 2.75) is 11.2 Å². The van der Waals surface area contributed by atoms with Crippen LogP contribution in [0.4, 0.5) is 0 Å². The van der Waals surface area contributed by atoms with Crippen LogP contribution >= 0.6 is 0 Å². The van der Waals surface area contributed by atoms with E-state index in [2.05, 4.69) is 37.4 Å². The molecule has 25 heavy (non-hydrogen) atoms. The van der Waals surface area contributed by atoms with E-state index < -0.39 is 0 Å². The van der Waals surface area contributed by atoms with E-state index in [0.717, 1.165) is 22.3 Å². The third-order valence-corrected chi connectivity index (χ3v) is 5.00. The summed E-state index contributed by atoms with van der Waals surface area (Å²) < 4.78 is 17.6. The molecule has 4 rings (SSSR count). The van der Waals surface area contributed by atoms with Crippen LogP contribution in [-0.4, -0.2) is 26.4 Å². The molecule has 2 aliphatic heterocycles. The minimum absolute atomic E-state index is 0.348. The maximum atomic E-state index is 6.08. The lowest BCUT2D eigenvalue weighted by molar-refractivity contribution is 0.0402. The van der Waals surface area contributed by atoms with Crippen LogP contribution < -0.4 is 0 Å². The van der Waals surface area contributed by atoms with Crippen LogP contribution in [-0.2, 0) is 25.4 Å². The van der Waals surface area contributed by atoms with E-state index >= 15 is 0 Å². The quantitative estimate of drug-likeness (QED) is 0.681. The lowest BCUT2D eigenvalue weighted by Gasteiger charge is -2.19. The van der Waals surface area contributed by atoms with Crippen LogP contribution in [0.25, 0.3) is 12.2 Å². The summed E-state index contributed by atoms with van der Waals surface area (Å²) in [6.45, 7) is 10.2. The Morgan fingerprint density at radius 1 is 0.800 bits per heavy atom. The fourth-order valence-electron chi connectivity index (χ4n) is 3.37. The zero-order valence-electron chi connectivity index (χ0n) is 14.2. The van der Waals surface area contributed by atoms with Crippen molar-refractivity contribution < 1.29 is 14.2 Å². The molecular formula is C22H22O3. The Morgan fingerprint density at radius 2 is 1.20 bits per heavy atom. The summed E-state index contributed by atoms with van der Waals surface area (Å²) in [5.41, 5.74) is 3.78. The van der Waals surface area contributed by atoms with E-state index in [-0.39, 0.29) is 11.2 Å². The molecule has 2 fully saturated rings. The molecular weight excluding hydrogens is 312 g/mol. The highest BCUT2D eigenvalue weighted by atomic mass is 16.6. The minimum Gasteiger partial charge on any atom is -0.375 e. The molecule has 0 spiro atoms. The van der Waals surface area contributed by atoms with Gasteiger partial charge < -0.3 is 14.2 Å². The highest BCUT2D eigenvalue weighted by molar-refractivity contribution is 5.55. The molecule has 2 aromatic rings. The Balaban J connectivity index is 1.46. The maximum absolute atomic E-state index is 6.08. The maximum Gasteiger partial charge on any atom is 0.140 e. The average molecular weight is 334 g/mol. The molecule has 2 saturated heterocycles. The summed E-state index contributed by atoms with van der Waals surface area (Å²) in [7, 11) is 0. The predicted octanol–water partition coefficient (Wildman–Crippen LogP) is 4.14. The second-order valence-corrected chi connectivity index (χ2v) is 6.64. The Morgan fingerprint density at radius 3 is 1.56 bits per heavy atom. The molecule has 128 valence electrons. The summed E-state index contributed by atoms with van der Waals surface area (Å²) >= 11 is 0. The van der Waals surface area contributed by atoms with E-state index in [4.69, 9.17) is 14.2 Å². The van der Waals surface area contributed by atoms with Crippen LogP contribution in [0.1, 0.15) is 22.3 Å². The van der Waals surface area contributed by atoms with E-state index in [1.807, 2.05) is 36.4 Å². The number of hydrogen-bond donors (Lipinski definition) is 0. The van der Waals surface area contributed by atoms with Gasteiger partial charge in [-0.05, 0) is 22.3 Å². The SMILES string of the molecule is C=Cc1ccccc1C1(COCC2(c3ccccc3C=C)CO2)CO1. The van der Waals surface area contributed by atoms with Gasteiger partial charge in [0.2, 0.25) is 0 Å². The number of epoxide rings is 2. The van der Waals surface area contributed by atoms with Crippen molar-refractivity contribution in [3.05, 3.63) is 83.9 Å². The van der Waals surface area contributed by atoms with Gasteiger partial charge in [0.1, 0.15) is 11.2 Å². The fourth-order valence-corrected chi connectivity index (χ4v) is 3.37. The highest BCUT2D eigenvalue weighted by Gasteiger charge is 2.51. The minimum atomic E-state index is -0.348. The third kappa shape index (κ3) is 2.95. The molecule has 2 aromatic carbocycles. The van der Waals surface area contributed by atoms with Crippen molar-refractivity contribution in [3.8, 4) is 0 Å². The van der Waals surface area contributed by atoms with Crippen LogP contribution in [0.5, 0.6) is 0 Å². The fraction of sp³-hybridized carbons (Fsp3) is 0.273. The van der Waals surface area contributed by atoms with Crippen LogP contribution in [0, 0.1) is 0 Å². The summed E-state index contributed by atoms with van der Waals surface area (Å²) in [4.78, 5) is 0. The van der Waals surface area contributed by atoms with E-state index in [1.54, 1.807) is 0 Å². The van der Waals surface area contributed by atoms with E-state index in [1.165, 1.54) is 0 Å². The second kappa shape index (κ2) is 6.26. The largest absolute Gasteiger partial charge is 0.375 e. The summed E-state index contributed by atoms with van der Waals surface area (Å²) in [5, 5.41) is 0. The number of benzene rings is 2. The molecule has 2 aliphatic rings. The normalized spacial score (nSPS) is 26.9. The lowest BCUT2D eigenvalue weighted by Crippen LogP contribution is -2.24. The van der Waals surface area contributed by atoms with E-state index in [9.17, 15) is 0 Å². The van der Waals surface area contributed by atoms with Crippen molar-refractivity contribution >= 4 is 12.2 Å². The van der Waals surface area contributed by atoms with Crippen molar-refractivity contribution in [3.63, 3.8) is 0 Å². The van der Waals surface area contributed by atoms with Crippen molar-refractivity contribution in [2.75, 3.05) is 26.4 Å². The third-order valence-electron chi connectivity index (χ3n) is 5.00. The first-order valence-electron chi connectivity index (χ1n) is 8.53. The number of rotatable bonds is 8. The van der Waals surface area contributed by atoms with Crippen LogP contribution in [0.2, 0.25) is 0 Å². The molecule has 0 amide bonds. The predicted molar refractivity (Wildman–Crippen MR) is 99.1 cm³/mol. The lowest BCUT2D eigenvalue weighted by atomic mass is 9.94.